The lowest BCUT2D eigenvalue weighted by Crippen LogP contribution is -2.52. The zero-order valence-electron chi connectivity index (χ0n) is 14.8. The van der Waals surface area contributed by atoms with Gasteiger partial charge in [-0.1, -0.05) is 29.6 Å². The first-order valence-corrected chi connectivity index (χ1v) is 9.59. The minimum atomic E-state index is -1.22. The molecule has 2 aromatic rings. The Morgan fingerprint density at radius 2 is 1.81 bits per heavy atom. The van der Waals surface area contributed by atoms with Gasteiger partial charge in [0.25, 0.3) is 0 Å². The second kappa shape index (κ2) is 8.28. The molecule has 3 rings (SSSR count). The van der Waals surface area contributed by atoms with Gasteiger partial charge >= 0.3 is 0 Å². The molecule has 1 aromatic carbocycles. The number of primary amides is 1. The molecular formula is C20H21Cl2N3O2. The monoisotopic (exact) mass is 405 g/mol. The Kier molecular flexibility index (Phi) is 6.02. The molecule has 5 nitrogen and oxygen atoms in total. The summed E-state index contributed by atoms with van der Waals surface area (Å²) in [7, 11) is 0. The number of rotatable bonds is 6. The maximum absolute atomic E-state index is 13.0. The lowest BCUT2D eigenvalue weighted by Gasteiger charge is -2.31. The van der Waals surface area contributed by atoms with Crippen molar-refractivity contribution >= 4 is 35.0 Å². The highest BCUT2D eigenvalue weighted by Crippen LogP contribution is 2.45. The van der Waals surface area contributed by atoms with Gasteiger partial charge < -0.3 is 11.1 Å². The van der Waals surface area contributed by atoms with Crippen molar-refractivity contribution in [2.75, 3.05) is 0 Å². The highest BCUT2D eigenvalue weighted by atomic mass is 35.5. The maximum Gasteiger partial charge on any atom is 0.236 e. The Bertz CT molecular complexity index is 824. The van der Waals surface area contributed by atoms with Gasteiger partial charge in [0, 0.05) is 29.0 Å². The molecule has 2 atom stereocenters. The van der Waals surface area contributed by atoms with E-state index in [0.29, 0.717) is 29.4 Å². The van der Waals surface area contributed by atoms with Gasteiger partial charge in [0.1, 0.15) is 5.41 Å². The summed E-state index contributed by atoms with van der Waals surface area (Å²) in [6.07, 6.45) is 5.80. The van der Waals surface area contributed by atoms with Crippen LogP contribution in [0.25, 0.3) is 0 Å². The molecule has 1 aromatic heterocycles. The van der Waals surface area contributed by atoms with Crippen molar-refractivity contribution in [3.05, 3.63) is 63.9 Å². The Hall–Kier alpha value is -2.11. The first kappa shape index (κ1) is 19.6. The summed E-state index contributed by atoms with van der Waals surface area (Å²) in [5.74, 6) is -1.09. The fraction of sp³-hybridized carbons (Fsp3) is 0.350. The van der Waals surface area contributed by atoms with Crippen molar-refractivity contribution in [3.8, 4) is 0 Å². The standard InChI is InChI=1S/C20H21Cl2N3O2/c21-16-9-14(10-17(22)11-16)8-15-2-1-5-20(15,18(23)26)19(27)25-12-13-3-6-24-7-4-13/h3-4,6-7,9-11,15H,1-2,5,8,12H2,(H2,23,26)(H,25,27)/t15-,20-/m0/s1. The maximum atomic E-state index is 13.0. The number of nitrogens with one attached hydrogen (secondary N) is 1. The van der Waals surface area contributed by atoms with Crippen molar-refractivity contribution in [3.63, 3.8) is 0 Å². The Morgan fingerprint density at radius 1 is 1.15 bits per heavy atom. The van der Waals surface area contributed by atoms with Crippen molar-refractivity contribution in [2.45, 2.75) is 32.2 Å². The summed E-state index contributed by atoms with van der Waals surface area (Å²) in [4.78, 5) is 29.4. The average molecular weight is 406 g/mol. The molecule has 0 bridgehead atoms. The number of benzene rings is 1. The third kappa shape index (κ3) is 4.25. The molecule has 27 heavy (non-hydrogen) atoms. The molecular weight excluding hydrogens is 385 g/mol. The normalized spacial score (nSPS) is 21.8. The molecule has 0 radical (unpaired) electrons. The average Bonchev–Trinajstić information content (AvgIpc) is 3.04. The van der Waals surface area contributed by atoms with Crippen LogP contribution in [0.4, 0.5) is 0 Å². The molecule has 142 valence electrons. The summed E-state index contributed by atoms with van der Waals surface area (Å²) in [5.41, 5.74) is 6.33. The van der Waals surface area contributed by atoms with E-state index in [1.54, 1.807) is 18.5 Å². The summed E-state index contributed by atoms with van der Waals surface area (Å²) >= 11 is 12.2. The van der Waals surface area contributed by atoms with Crippen LogP contribution >= 0.6 is 23.2 Å². The van der Waals surface area contributed by atoms with Gasteiger partial charge in [0.15, 0.2) is 0 Å². The fourth-order valence-corrected chi connectivity index (χ4v) is 4.51. The smallest absolute Gasteiger partial charge is 0.236 e. The number of carbonyl (C=O) groups excluding carboxylic acids is 2. The van der Waals surface area contributed by atoms with E-state index in [0.717, 1.165) is 24.0 Å². The van der Waals surface area contributed by atoms with Gasteiger partial charge in [-0.25, -0.2) is 0 Å². The van der Waals surface area contributed by atoms with Crippen molar-refractivity contribution in [2.24, 2.45) is 17.1 Å². The predicted octanol–water partition coefficient (Wildman–Crippen LogP) is 3.52. The molecule has 1 fully saturated rings. The van der Waals surface area contributed by atoms with E-state index in [4.69, 9.17) is 28.9 Å². The molecule has 1 heterocycles. The number of hydrogen-bond acceptors (Lipinski definition) is 3. The van der Waals surface area contributed by atoms with Crippen molar-refractivity contribution in [1.82, 2.24) is 10.3 Å². The molecule has 7 heteroatoms. The SMILES string of the molecule is NC(=O)[C@]1(C(=O)NCc2ccncc2)CCC[C@H]1Cc1cc(Cl)cc(Cl)c1. The topological polar surface area (TPSA) is 85.1 Å². The Labute approximate surface area is 168 Å². The first-order valence-electron chi connectivity index (χ1n) is 8.84. The summed E-state index contributed by atoms with van der Waals surface area (Å²) in [5, 5.41) is 3.94. The van der Waals surface area contributed by atoms with Crippen molar-refractivity contribution < 1.29 is 9.59 Å². The van der Waals surface area contributed by atoms with E-state index in [1.807, 2.05) is 24.3 Å². The Morgan fingerprint density at radius 3 is 2.44 bits per heavy atom. The van der Waals surface area contributed by atoms with E-state index >= 15 is 0 Å². The van der Waals surface area contributed by atoms with Gasteiger partial charge in [0.05, 0.1) is 0 Å². The van der Waals surface area contributed by atoms with E-state index in [9.17, 15) is 9.59 Å². The molecule has 0 spiro atoms. The van der Waals surface area contributed by atoms with Crippen molar-refractivity contribution in [1.29, 1.82) is 0 Å². The van der Waals surface area contributed by atoms with Gasteiger partial charge in [-0.2, -0.15) is 0 Å². The van der Waals surface area contributed by atoms with Crippen LogP contribution in [0.5, 0.6) is 0 Å². The lowest BCUT2D eigenvalue weighted by atomic mass is 9.73. The van der Waals surface area contributed by atoms with Crippen LogP contribution in [0, 0.1) is 11.3 Å². The van der Waals surface area contributed by atoms with Crippen LogP contribution in [-0.2, 0) is 22.6 Å². The zero-order valence-corrected chi connectivity index (χ0v) is 16.3. The molecule has 2 amide bonds. The highest BCUT2D eigenvalue weighted by molar-refractivity contribution is 6.34. The number of nitrogens with two attached hydrogens (primary N) is 1. The summed E-state index contributed by atoms with van der Waals surface area (Å²) in [6, 6.07) is 8.91. The second-order valence-electron chi connectivity index (χ2n) is 6.94. The zero-order chi connectivity index (χ0) is 19.4. The molecule has 0 aliphatic heterocycles. The van der Waals surface area contributed by atoms with Crippen LogP contribution in [0.3, 0.4) is 0 Å². The van der Waals surface area contributed by atoms with E-state index < -0.39 is 11.3 Å². The summed E-state index contributed by atoms with van der Waals surface area (Å²) < 4.78 is 0. The highest BCUT2D eigenvalue weighted by Gasteiger charge is 2.53. The Balaban J connectivity index is 1.80. The van der Waals surface area contributed by atoms with Crippen LogP contribution in [0.2, 0.25) is 10.0 Å². The largest absolute Gasteiger partial charge is 0.369 e. The van der Waals surface area contributed by atoms with Gasteiger partial charge in [-0.3, -0.25) is 14.6 Å². The van der Waals surface area contributed by atoms with E-state index in [2.05, 4.69) is 10.3 Å². The van der Waals surface area contributed by atoms with Crippen LogP contribution in [0.1, 0.15) is 30.4 Å². The first-order chi connectivity index (χ1) is 12.9. The van der Waals surface area contributed by atoms with Gasteiger partial charge in [-0.15, -0.1) is 0 Å². The fourth-order valence-electron chi connectivity index (χ4n) is 3.94. The molecule has 1 saturated carbocycles. The second-order valence-corrected chi connectivity index (χ2v) is 7.82. The van der Waals surface area contributed by atoms with E-state index in [-0.39, 0.29) is 11.8 Å². The third-order valence-electron chi connectivity index (χ3n) is 5.27. The molecule has 1 aliphatic rings. The minimum Gasteiger partial charge on any atom is -0.369 e. The predicted molar refractivity (Wildman–Crippen MR) is 105 cm³/mol. The van der Waals surface area contributed by atoms with Crippen LogP contribution in [-0.4, -0.2) is 16.8 Å². The minimum absolute atomic E-state index is 0.193. The number of amides is 2. The number of nitrogens with zero attached hydrogens (tertiary/aromatic N) is 1. The van der Waals surface area contributed by atoms with Crippen LogP contribution < -0.4 is 11.1 Å². The molecule has 0 unspecified atom stereocenters. The number of aromatic nitrogens is 1. The number of pyridine rings is 1. The lowest BCUT2D eigenvalue weighted by molar-refractivity contribution is -0.144. The van der Waals surface area contributed by atoms with Gasteiger partial charge in [0.2, 0.25) is 11.8 Å². The number of hydrogen-bond donors (Lipinski definition) is 2. The summed E-state index contributed by atoms with van der Waals surface area (Å²) in [6.45, 7) is 0.325. The van der Waals surface area contributed by atoms with Crippen LogP contribution in [0.15, 0.2) is 42.7 Å². The quantitative estimate of drug-likeness (QED) is 0.720. The molecule has 0 saturated heterocycles. The molecule has 1 aliphatic carbocycles. The number of carbonyl (C=O) groups is 2. The number of halogens is 2. The third-order valence-corrected chi connectivity index (χ3v) is 5.71. The molecule has 3 N–H and O–H groups in total. The van der Waals surface area contributed by atoms with E-state index in [1.165, 1.54) is 0 Å². The van der Waals surface area contributed by atoms with Gasteiger partial charge in [-0.05, 0) is 66.6 Å².